The molecule has 0 amide bonds. The minimum atomic E-state index is -0.157. The van der Waals surface area contributed by atoms with Gasteiger partial charge in [0.05, 0.1) is 5.35 Å². The number of pyridine rings is 1. The fraction of sp³-hybridized carbons (Fsp3) is 0.300. The SMILES string of the molecule is Cc1ccnc2c1=NN=CC(C)(P)C=2. The second-order valence-electron chi connectivity index (χ2n) is 3.72. The van der Waals surface area contributed by atoms with E-state index in [1.807, 2.05) is 13.0 Å². The van der Waals surface area contributed by atoms with Crippen LogP contribution in [0.4, 0.5) is 0 Å². The Morgan fingerprint density at radius 1 is 1.43 bits per heavy atom. The highest BCUT2D eigenvalue weighted by atomic mass is 31.0. The second-order valence-corrected chi connectivity index (χ2v) is 4.96. The van der Waals surface area contributed by atoms with E-state index in [4.69, 9.17) is 0 Å². The molecule has 0 aliphatic carbocycles. The molecule has 1 aromatic rings. The number of rotatable bonds is 0. The highest BCUT2D eigenvalue weighted by Crippen LogP contribution is 2.16. The Morgan fingerprint density at radius 3 is 3.00 bits per heavy atom. The molecule has 0 N–H and O–H groups in total. The van der Waals surface area contributed by atoms with Crippen LogP contribution in [-0.4, -0.2) is 16.4 Å². The molecule has 1 aliphatic heterocycles. The lowest BCUT2D eigenvalue weighted by Crippen LogP contribution is -2.32. The number of nitrogens with zero attached hydrogens (tertiary/aromatic N) is 3. The highest BCUT2D eigenvalue weighted by Gasteiger charge is 2.13. The van der Waals surface area contributed by atoms with Crippen LogP contribution in [-0.2, 0) is 0 Å². The van der Waals surface area contributed by atoms with Gasteiger partial charge >= 0.3 is 0 Å². The Balaban J connectivity index is 2.83. The third kappa shape index (κ3) is 1.73. The molecule has 2 atom stereocenters. The van der Waals surface area contributed by atoms with Crippen LogP contribution in [0.25, 0.3) is 6.08 Å². The second kappa shape index (κ2) is 3.25. The Labute approximate surface area is 84.9 Å². The molecule has 0 bridgehead atoms. The van der Waals surface area contributed by atoms with Crippen molar-refractivity contribution in [3.05, 3.63) is 28.5 Å². The molecule has 0 radical (unpaired) electrons. The van der Waals surface area contributed by atoms with E-state index in [1.165, 1.54) is 0 Å². The zero-order valence-corrected chi connectivity index (χ0v) is 9.38. The molecule has 14 heavy (non-hydrogen) atoms. The number of hydrogen-bond acceptors (Lipinski definition) is 3. The Hall–Kier alpha value is -1.08. The first-order valence-electron chi connectivity index (χ1n) is 4.44. The molecule has 3 nitrogen and oxygen atoms in total. The predicted octanol–water partition coefficient (Wildman–Crippen LogP) is 0.423. The van der Waals surface area contributed by atoms with Crippen molar-refractivity contribution in [2.45, 2.75) is 19.0 Å². The van der Waals surface area contributed by atoms with Crippen LogP contribution in [0.5, 0.6) is 0 Å². The van der Waals surface area contributed by atoms with Gasteiger partial charge in [0.15, 0.2) is 0 Å². The van der Waals surface area contributed by atoms with Gasteiger partial charge in [0.25, 0.3) is 0 Å². The van der Waals surface area contributed by atoms with Gasteiger partial charge in [-0.15, -0.1) is 14.3 Å². The first-order chi connectivity index (χ1) is 6.58. The van der Waals surface area contributed by atoms with Gasteiger partial charge in [-0.1, -0.05) is 0 Å². The molecule has 2 heterocycles. The lowest BCUT2D eigenvalue weighted by atomic mass is 10.1. The number of fused-ring (bicyclic) bond motifs is 1. The molecule has 72 valence electrons. The molecule has 0 aromatic carbocycles. The van der Waals surface area contributed by atoms with E-state index in [1.54, 1.807) is 12.4 Å². The topological polar surface area (TPSA) is 37.6 Å². The van der Waals surface area contributed by atoms with Gasteiger partial charge in [0.1, 0.15) is 5.36 Å². The van der Waals surface area contributed by atoms with Crippen LogP contribution in [0, 0.1) is 6.92 Å². The van der Waals surface area contributed by atoms with Crippen molar-refractivity contribution in [2.75, 3.05) is 0 Å². The lowest BCUT2D eigenvalue weighted by Gasteiger charge is -2.09. The van der Waals surface area contributed by atoms with Crippen LogP contribution in [0.15, 0.2) is 22.5 Å². The van der Waals surface area contributed by atoms with Gasteiger partial charge < -0.3 is 0 Å². The van der Waals surface area contributed by atoms with Gasteiger partial charge in [0, 0.05) is 17.6 Å². The molecule has 2 unspecified atom stereocenters. The van der Waals surface area contributed by atoms with Gasteiger partial charge in [-0.2, -0.15) is 5.10 Å². The summed E-state index contributed by atoms with van der Waals surface area (Å²) in [7, 11) is 2.73. The van der Waals surface area contributed by atoms with Crippen molar-refractivity contribution < 1.29 is 0 Å². The van der Waals surface area contributed by atoms with Crippen molar-refractivity contribution in [3.8, 4) is 0 Å². The van der Waals surface area contributed by atoms with Crippen LogP contribution in [0.2, 0.25) is 0 Å². The summed E-state index contributed by atoms with van der Waals surface area (Å²) < 4.78 is 0. The zero-order chi connectivity index (χ0) is 10.2. The molecule has 0 spiro atoms. The maximum absolute atomic E-state index is 4.29. The summed E-state index contributed by atoms with van der Waals surface area (Å²) in [5, 5.41) is 9.79. The van der Waals surface area contributed by atoms with Gasteiger partial charge in [-0.05, 0) is 31.6 Å². The summed E-state index contributed by atoms with van der Waals surface area (Å²) in [6.45, 7) is 4.06. The first kappa shape index (κ1) is 9.47. The summed E-state index contributed by atoms with van der Waals surface area (Å²) in [5.74, 6) is 0. The Kier molecular flexibility index (Phi) is 2.20. The normalized spacial score (nSPS) is 24.5. The standard InChI is InChI=1S/C10H12N3P/c1-7-3-4-11-8-5-10(2,14)6-12-13-9(7)8/h3-6H,14H2,1-2H3. The molecular formula is C10H12N3P. The first-order valence-corrected chi connectivity index (χ1v) is 5.02. The Bertz CT molecular complexity index is 503. The average molecular weight is 205 g/mol. The lowest BCUT2D eigenvalue weighted by molar-refractivity contribution is 1.06. The van der Waals surface area contributed by atoms with Gasteiger partial charge in [-0.3, -0.25) is 4.98 Å². The summed E-state index contributed by atoms with van der Waals surface area (Å²) in [5.41, 5.74) is 1.10. The zero-order valence-electron chi connectivity index (χ0n) is 8.23. The summed E-state index contributed by atoms with van der Waals surface area (Å²) in [4.78, 5) is 4.29. The van der Waals surface area contributed by atoms with Gasteiger partial charge in [0.2, 0.25) is 0 Å². The van der Waals surface area contributed by atoms with Crippen LogP contribution in [0.3, 0.4) is 0 Å². The summed E-state index contributed by atoms with van der Waals surface area (Å²) in [6.07, 6.45) is 5.66. The molecule has 0 saturated carbocycles. The molecule has 2 rings (SSSR count). The van der Waals surface area contributed by atoms with E-state index in [-0.39, 0.29) is 5.16 Å². The van der Waals surface area contributed by atoms with Crippen LogP contribution >= 0.6 is 9.24 Å². The molecule has 0 saturated heterocycles. The van der Waals surface area contributed by atoms with E-state index < -0.39 is 0 Å². The number of hydrogen-bond donors (Lipinski definition) is 0. The van der Waals surface area contributed by atoms with E-state index in [2.05, 4.69) is 37.4 Å². The minimum absolute atomic E-state index is 0.157. The average Bonchev–Trinajstić information content (AvgIpc) is 2.23. The highest BCUT2D eigenvalue weighted by molar-refractivity contribution is 7.21. The molecule has 1 aromatic heterocycles. The van der Waals surface area contributed by atoms with Crippen molar-refractivity contribution >= 4 is 21.5 Å². The Morgan fingerprint density at radius 2 is 2.21 bits per heavy atom. The van der Waals surface area contributed by atoms with Crippen molar-refractivity contribution in [1.29, 1.82) is 0 Å². The van der Waals surface area contributed by atoms with Crippen molar-refractivity contribution in [2.24, 2.45) is 10.2 Å². The quantitative estimate of drug-likeness (QED) is 0.566. The molecule has 1 aliphatic rings. The number of aromatic nitrogens is 1. The largest absolute Gasteiger partial charge is 0.255 e. The fourth-order valence-corrected chi connectivity index (χ4v) is 1.57. The van der Waals surface area contributed by atoms with Crippen molar-refractivity contribution in [3.63, 3.8) is 0 Å². The van der Waals surface area contributed by atoms with Crippen LogP contribution < -0.4 is 10.7 Å². The maximum atomic E-state index is 4.29. The van der Waals surface area contributed by atoms with E-state index >= 15 is 0 Å². The van der Waals surface area contributed by atoms with Gasteiger partial charge in [-0.25, -0.2) is 0 Å². The smallest absolute Gasteiger partial charge is 0.114 e. The third-order valence-electron chi connectivity index (χ3n) is 2.10. The summed E-state index contributed by atoms with van der Waals surface area (Å²) in [6, 6.07) is 1.94. The van der Waals surface area contributed by atoms with Crippen molar-refractivity contribution in [1.82, 2.24) is 4.98 Å². The fourth-order valence-electron chi connectivity index (χ4n) is 1.35. The van der Waals surface area contributed by atoms with Crippen LogP contribution in [0.1, 0.15) is 12.5 Å². The molecular weight excluding hydrogens is 193 g/mol. The molecule has 4 heteroatoms. The summed E-state index contributed by atoms with van der Waals surface area (Å²) >= 11 is 0. The number of aryl methyl sites for hydroxylation is 1. The van der Waals surface area contributed by atoms with E-state index in [9.17, 15) is 0 Å². The maximum Gasteiger partial charge on any atom is 0.114 e. The van der Waals surface area contributed by atoms with E-state index in [0.29, 0.717) is 0 Å². The van der Waals surface area contributed by atoms with E-state index in [0.717, 1.165) is 16.3 Å². The minimum Gasteiger partial charge on any atom is -0.255 e. The monoisotopic (exact) mass is 205 g/mol. The third-order valence-corrected chi connectivity index (χ3v) is 2.41. The molecule has 0 fully saturated rings. The predicted molar refractivity (Wildman–Crippen MR) is 60.8 cm³/mol.